The molecule has 0 saturated carbocycles. The maximum Gasteiger partial charge on any atom is 0.252 e. The first-order valence-corrected chi connectivity index (χ1v) is 11.6. The summed E-state index contributed by atoms with van der Waals surface area (Å²) in [7, 11) is 0. The van der Waals surface area contributed by atoms with E-state index >= 15 is 0 Å². The molecular weight excluding hydrogens is 443 g/mol. The van der Waals surface area contributed by atoms with Crippen molar-refractivity contribution < 1.29 is 19.1 Å². The predicted octanol–water partition coefficient (Wildman–Crippen LogP) is 4.69. The standard InChI is InChI=1S/C26H32ClFN2O3/c1-16(2)22(29-23(31)21-14-20(28)11-6-17(21)3)24(32)30-13-12-26(33,25(4,5)15-30)18-7-9-19(27)10-8-18/h6-11,14,16,22,33H,12-13,15H2,1-5H3,(H,29,31)/t22-,26+/m1/s1. The van der Waals surface area contributed by atoms with E-state index in [1.165, 1.54) is 12.1 Å². The molecule has 33 heavy (non-hydrogen) atoms. The van der Waals surface area contributed by atoms with Crippen molar-refractivity contribution in [2.75, 3.05) is 13.1 Å². The van der Waals surface area contributed by atoms with Crippen molar-refractivity contribution >= 4 is 23.4 Å². The average molecular weight is 475 g/mol. The minimum absolute atomic E-state index is 0.171. The molecule has 7 heteroatoms. The molecular formula is C26H32ClFN2O3. The predicted molar refractivity (Wildman–Crippen MR) is 128 cm³/mol. The molecule has 0 unspecified atom stereocenters. The normalized spacial score (nSPS) is 21.1. The lowest BCUT2D eigenvalue weighted by atomic mass is 9.66. The Kier molecular flexibility index (Phi) is 7.20. The second kappa shape index (κ2) is 9.43. The SMILES string of the molecule is Cc1ccc(F)cc1C(=O)N[C@@H](C(=O)N1CC[C@](O)(c2ccc(Cl)cc2)C(C)(C)C1)C(C)C. The molecule has 0 spiro atoms. The van der Waals surface area contributed by atoms with Crippen molar-refractivity contribution in [1.29, 1.82) is 0 Å². The van der Waals surface area contributed by atoms with Gasteiger partial charge in [-0.1, -0.05) is 57.5 Å². The number of piperidine rings is 1. The number of nitrogens with zero attached hydrogens (tertiary/aromatic N) is 1. The van der Waals surface area contributed by atoms with Gasteiger partial charge in [0.1, 0.15) is 11.9 Å². The zero-order chi connectivity index (χ0) is 24.6. The van der Waals surface area contributed by atoms with Gasteiger partial charge in [-0.15, -0.1) is 0 Å². The summed E-state index contributed by atoms with van der Waals surface area (Å²) < 4.78 is 13.7. The number of aryl methyl sites for hydroxylation is 1. The van der Waals surface area contributed by atoms with E-state index in [0.29, 0.717) is 30.1 Å². The molecule has 3 rings (SSSR count). The second-order valence-electron chi connectivity index (χ2n) is 9.92. The molecule has 178 valence electrons. The lowest BCUT2D eigenvalue weighted by Crippen LogP contribution is -2.60. The van der Waals surface area contributed by atoms with Crippen molar-refractivity contribution in [3.63, 3.8) is 0 Å². The molecule has 1 fully saturated rings. The van der Waals surface area contributed by atoms with Gasteiger partial charge < -0.3 is 15.3 Å². The third kappa shape index (κ3) is 5.07. The molecule has 1 aliphatic heterocycles. The molecule has 0 radical (unpaired) electrons. The number of carbonyl (C=O) groups excluding carboxylic acids is 2. The zero-order valence-electron chi connectivity index (χ0n) is 19.8. The molecule has 2 aromatic rings. The van der Waals surface area contributed by atoms with Crippen LogP contribution in [-0.2, 0) is 10.4 Å². The highest BCUT2D eigenvalue weighted by atomic mass is 35.5. The summed E-state index contributed by atoms with van der Waals surface area (Å²) in [5.74, 6) is -1.36. The molecule has 1 heterocycles. The maximum absolute atomic E-state index is 13.7. The van der Waals surface area contributed by atoms with Gasteiger partial charge in [-0.25, -0.2) is 4.39 Å². The zero-order valence-corrected chi connectivity index (χ0v) is 20.5. The molecule has 0 aliphatic carbocycles. The lowest BCUT2D eigenvalue weighted by Gasteiger charge is -2.51. The Labute approximate surface area is 199 Å². The Hall–Kier alpha value is -2.44. The minimum atomic E-state index is -1.12. The van der Waals surface area contributed by atoms with Gasteiger partial charge in [0.05, 0.1) is 5.60 Å². The monoisotopic (exact) mass is 474 g/mol. The Morgan fingerprint density at radius 2 is 1.79 bits per heavy atom. The highest BCUT2D eigenvalue weighted by molar-refractivity contribution is 6.30. The first-order valence-electron chi connectivity index (χ1n) is 11.2. The summed E-state index contributed by atoms with van der Waals surface area (Å²) in [5, 5.41) is 15.0. The Balaban J connectivity index is 1.79. The fraction of sp³-hybridized carbons (Fsp3) is 0.462. The largest absolute Gasteiger partial charge is 0.384 e. The number of halogens is 2. The van der Waals surface area contributed by atoms with Crippen LogP contribution in [0, 0.1) is 24.1 Å². The second-order valence-corrected chi connectivity index (χ2v) is 10.4. The number of carbonyl (C=O) groups is 2. The van der Waals surface area contributed by atoms with E-state index < -0.39 is 28.8 Å². The quantitative estimate of drug-likeness (QED) is 0.660. The number of hydrogen-bond acceptors (Lipinski definition) is 3. The smallest absolute Gasteiger partial charge is 0.252 e. The molecule has 0 bridgehead atoms. The van der Waals surface area contributed by atoms with Gasteiger partial charge in [-0.05, 0) is 54.7 Å². The fourth-order valence-corrected chi connectivity index (χ4v) is 4.67. The van der Waals surface area contributed by atoms with Gasteiger partial charge in [-0.2, -0.15) is 0 Å². The van der Waals surface area contributed by atoms with Crippen molar-refractivity contribution in [1.82, 2.24) is 10.2 Å². The van der Waals surface area contributed by atoms with Crippen LogP contribution < -0.4 is 5.32 Å². The third-order valence-corrected chi connectivity index (χ3v) is 7.00. The van der Waals surface area contributed by atoms with Crippen LogP contribution in [0.4, 0.5) is 4.39 Å². The van der Waals surface area contributed by atoms with Crippen LogP contribution in [0.2, 0.25) is 5.02 Å². The van der Waals surface area contributed by atoms with Gasteiger partial charge in [0, 0.05) is 29.1 Å². The van der Waals surface area contributed by atoms with E-state index in [9.17, 15) is 19.1 Å². The summed E-state index contributed by atoms with van der Waals surface area (Å²) in [4.78, 5) is 28.0. The van der Waals surface area contributed by atoms with Crippen LogP contribution in [0.1, 0.15) is 55.6 Å². The van der Waals surface area contributed by atoms with Crippen LogP contribution in [0.25, 0.3) is 0 Å². The van der Waals surface area contributed by atoms with Gasteiger partial charge in [-0.3, -0.25) is 9.59 Å². The summed E-state index contributed by atoms with van der Waals surface area (Å²) in [6.07, 6.45) is 0.356. The van der Waals surface area contributed by atoms with E-state index in [4.69, 9.17) is 11.6 Å². The van der Waals surface area contributed by atoms with E-state index in [-0.39, 0.29) is 17.4 Å². The summed E-state index contributed by atoms with van der Waals surface area (Å²) in [5.41, 5.74) is -0.150. The maximum atomic E-state index is 13.7. The summed E-state index contributed by atoms with van der Waals surface area (Å²) in [6, 6.07) is 10.4. The van der Waals surface area contributed by atoms with Gasteiger partial charge >= 0.3 is 0 Å². The summed E-state index contributed by atoms with van der Waals surface area (Å²) >= 11 is 6.01. The summed E-state index contributed by atoms with van der Waals surface area (Å²) in [6.45, 7) is 9.98. The van der Waals surface area contributed by atoms with Crippen LogP contribution in [0.5, 0.6) is 0 Å². The Morgan fingerprint density at radius 1 is 1.15 bits per heavy atom. The number of hydrogen-bond donors (Lipinski definition) is 2. The molecule has 2 atom stereocenters. The number of nitrogens with one attached hydrogen (secondary N) is 1. The van der Waals surface area contributed by atoms with Gasteiger partial charge in [0.2, 0.25) is 5.91 Å². The molecule has 1 aliphatic rings. The van der Waals surface area contributed by atoms with Gasteiger partial charge in [0.15, 0.2) is 0 Å². The molecule has 5 nitrogen and oxygen atoms in total. The van der Waals surface area contributed by atoms with Crippen LogP contribution >= 0.6 is 11.6 Å². The Morgan fingerprint density at radius 3 is 2.36 bits per heavy atom. The highest BCUT2D eigenvalue weighted by Gasteiger charge is 2.50. The minimum Gasteiger partial charge on any atom is -0.384 e. The molecule has 2 N–H and O–H groups in total. The third-order valence-electron chi connectivity index (χ3n) is 6.75. The van der Waals surface area contributed by atoms with E-state index in [2.05, 4.69) is 5.32 Å². The highest BCUT2D eigenvalue weighted by Crippen LogP contribution is 2.46. The molecule has 1 saturated heterocycles. The van der Waals surface area contributed by atoms with Crippen LogP contribution in [-0.4, -0.2) is 41.0 Å². The van der Waals surface area contributed by atoms with Crippen molar-refractivity contribution in [3.05, 3.63) is 70.0 Å². The fourth-order valence-electron chi connectivity index (χ4n) is 4.54. The molecule has 2 amide bonds. The van der Waals surface area contributed by atoms with Crippen molar-refractivity contribution in [3.8, 4) is 0 Å². The van der Waals surface area contributed by atoms with Crippen molar-refractivity contribution in [2.24, 2.45) is 11.3 Å². The first kappa shape index (κ1) is 25.2. The van der Waals surface area contributed by atoms with Gasteiger partial charge in [0.25, 0.3) is 5.91 Å². The van der Waals surface area contributed by atoms with Crippen molar-refractivity contribution in [2.45, 2.75) is 52.7 Å². The number of aliphatic hydroxyl groups is 1. The number of likely N-dealkylation sites (tertiary alicyclic amines) is 1. The number of benzene rings is 2. The van der Waals surface area contributed by atoms with E-state index in [1.54, 1.807) is 30.0 Å². The number of amides is 2. The van der Waals surface area contributed by atoms with E-state index in [1.807, 2.05) is 39.8 Å². The lowest BCUT2D eigenvalue weighted by molar-refractivity contribution is -0.155. The average Bonchev–Trinajstić information content (AvgIpc) is 2.75. The van der Waals surface area contributed by atoms with Crippen LogP contribution in [0.15, 0.2) is 42.5 Å². The topological polar surface area (TPSA) is 69.6 Å². The Bertz CT molecular complexity index is 1040. The molecule has 0 aromatic heterocycles. The number of rotatable bonds is 5. The van der Waals surface area contributed by atoms with Crippen LogP contribution in [0.3, 0.4) is 0 Å². The van der Waals surface area contributed by atoms with E-state index in [0.717, 1.165) is 5.56 Å². The molecule has 2 aromatic carbocycles. The first-order chi connectivity index (χ1) is 15.4.